The Morgan fingerprint density at radius 2 is 1.88 bits per heavy atom. The number of ether oxygens (including phenoxy) is 1. The van der Waals surface area contributed by atoms with Crippen LogP contribution in [0, 0.1) is 6.92 Å². The average molecular weight is 464 g/mol. The molecule has 3 aromatic carbocycles. The molecule has 0 bridgehead atoms. The van der Waals surface area contributed by atoms with Gasteiger partial charge in [0.25, 0.3) is 10.9 Å². The molecule has 0 aliphatic heterocycles. The average Bonchev–Trinajstić information content (AvgIpc) is 2.81. The smallest absolute Gasteiger partial charge is 0.253 e. The summed E-state index contributed by atoms with van der Waals surface area (Å²) in [5.41, 5.74) is 1.94. The van der Waals surface area contributed by atoms with Crippen molar-refractivity contribution in [2.75, 3.05) is 10.6 Å². The lowest BCUT2D eigenvalue weighted by molar-refractivity contribution is 0.112. The lowest BCUT2D eigenvalue weighted by Crippen LogP contribution is -2.38. The molecular weight excluding hydrogens is 442 g/mol. The molecule has 4 rings (SSSR count). The summed E-state index contributed by atoms with van der Waals surface area (Å²) in [4.78, 5) is 39.7. The molecule has 4 aromatic rings. The molecule has 1 aromatic heterocycles. The van der Waals surface area contributed by atoms with Crippen molar-refractivity contribution >= 4 is 45.9 Å². The molecule has 0 amide bonds. The largest absolute Gasteiger partial charge is 0.457 e. The first-order chi connectivity index (χ1) is 15.8. The monoisotopic (exact) mass is 463 g/mol. The summed E-state index contributed by atoms with van der Waals surface area (Å²) in [5.74, 6) is 0.997. The zero-order valence-electron chi connectivity index (χ0n) is 18.4. The number of rotatable bonds is 8. The van der Waals surface area contributed by atoms with Crippen LogP contribution in [0.4, 0.5) is 17.1 Å². The minimum absolute atomic E-state index is 0.0544. The van der Waals surface area contributed by atoms with Gasteiger partial charge in [-0.05, 0) is 56.2 Å². The van der Waals surface area contributed by atoms with Gasteiger partial charge in [0.1, 0.15) is 29.2 Å². The summed E-state index contributed by atoms with van der Waals surface area (Å²) in [5, 5.41) is 7.04. The fourth-order valence-electron chi connectivity index (χ4n) is 3.42. The van der Waals surface area contributed by atoms with Crippen LogP contribution in [0.5, 0.6) is 11.5 Å². The van der Waals surface area contributed by atoms with Crippen molar-refractivity contribution in [3.05, 3.63) is 79.2 Å². The van der Waals surface area contributed by atoms with Gasteiger partial charge in [0.15, 0.2) is 0 Å². The molecule has 0 aliphatic carbocycles. The second kappa shape index (κ2) is 9.03. The van der Waals surface area contributed by atoms with E-state index >= 15 is 0 Å². The number of hydrogen-bond acceptors (Lipinski definition) is 7. The number of carbonyl (C=O) groups is 1. The van der Waals surface area contributed by atoms with E-state index in [-0.39, 0.29) is 17.4 Å². The Morgan fingerprint density at radius 3 is 2.58 bits per heavy atom. The minimum Gasteiger partial charge on any atom is -0.457 e. The fraction of sp³-hybridized carbons (Fsp3) is 0.200. The zero-order valence-corrected chi connectivity index (χ0v) is 19.1. The van der Waals surface area contributed by atoms with Crippen LogP contribution < -0.4 is 26.2 Å². The van der Waals surface area contributed by atoms with E-state index in [1.54, 1.807) is 36.5 Å². The molecule has 0 saturated heterocycles. The van der Waals surface area contributed by atoms with Gasteiger partial charge in [-0.3, -0.25) is 19.4 Å². The second-order valence-electron chi connectivity index (χ2n) is 7.88. The molecule has 2 N–H and O–H groups in total. The molecule has 168 valence electrons. The van der Waals surface area contributed by atoms with Crippen LogP contribution in [0.15, 0.2) is 52.2 Å². The van der Waals surface area contributed by atoms with Gasteiger partial charge in [-0.15, -0.1) is 0 Å². The quantitative estimate of drug-likeness (QED) is 0.268. The summed E-state index contributed by atoms with van der Waals surface area (Å²) in [6.45, 7) is 5.77. The predicted molar refractivity (Wildman–Crippen MR) is 131 cm³/mol. The van der Waals surface area contributed by atoms with Crippen LogP contribution in [0.25, 0.3) is 10.9 Å². The maximum Gasteiger partial charge on any atom is 0.253 e. The minimum atomic E-state index is -0.582. The first-order valence-corrected chi connectivity index (χ1v) is 10.9. The number of nitrogens with one attached hydrogen (secondary N) is 2. The Kier molecular flexibility index (Phi) is 6.16. The Labute approximate surface area is 195 Å². The molecule has 1 heterocycles. The fourth-order valence-corrected chi connectivity index (χ4v) is 3.64. The lowest BCUT2D eigenvalue weighted by Gasteiger charge is -2.19. The van der Waals surface area contributed by atoms with E-state index in [0.29, 0.717) is 38.7 Å². The first kappa shape index (κ1) is 22.5. The number of aryl methyl sites for hydroxylation is 1. The van der Waals surface area contributed by atoms with Crippen molar-refractivity contribution in [3.63, 3.8) is 0 Å². The number of fused-ring (bicyclic) bond motifs is 1. The second-order valence-corrected chi connectivity index (χ2v) is 8.29. The van der Waals surface area contributed by atoms with Gasteiger partial charge in [-0.25, -0.2) is 0 Å². The summed E-state index contributed by atoms with van der Waals surface area (Å²) in [7, 11) is 0. The molecule has 1 unspecified atom stereocenters. The molecule has 0 saturated carbocycles. The van der Waals surface area contributed by atoms with Crippen LogP contribution in [0.2, 0.25) is 5.02 Å². The Morgan fingerprint density at radius 1 is 1.12 bits per heavy atom. The van der Waals surface area contributed by atoms with Crippen LogP contribution in [-0.4, -0.2) is 17.3 Å². The molecule has 7 nitrogen and oxygen atoms in total. The number of nitrogens with zero attached hydrogens (tertiary/aromatic N) is 1. The Balaban J connectivity index is 1.60. The Hall–Kier alpha value is -3.71. The summed E-state index contributed by atoms with van der Waals surface area (Å²) < 4.78 is 6.03. The van der Waals surface area contributed by atoms with Gasteiger partial charge >= 0.3 is 0 Å². The zero-order chi connectivity index (χ0) is 23.7. The highest BCUT2D eigenvalue weighted by Gasteiger charge is 2.22. The first-order valence-electron chi connectivity index (χ1n) is 10.5. The van der Waals surface area contributed by atoms with Crippen molar-refractivity contribution in [3.8, 4) is 11.5 Å². The van der Waals surface area contributed by atoms with E-state index in [0.717, 1.165) is 18.3 Å². The van der Waals surface area contributed by atoms with Crippen LogP contribution in [-0.2, 0) is 0 Å². The highest BCUT2D eigenvalue weighted by molar-refractivity contribution is 6.33. The predicted octanol–water partition coefficient (Wildman–Crippen LogP) is 5.35. The van der Waals surface area contributed by atoms with E-state index < -0.39 is 10.9 Å². The van der Waals surface area contributed by atoms with Crippen LogP contribution >= 0.6 is 11.6 Å². The number of halogens is 1. The van der Waals surface area contributed by atoms with E-state index in [4.69, 9.17) is 16.3 Å². The number of aromatic nitrogens is 1. The van der Waals surface area contributed by atoms with Crippen molar-refractivity contribution in [2.24, 2.45) is 0 Å². The summed E-state index contributed by atoms with van der Waals surface area (Å²) >= 11 is 6.43. The van der Waals surface area contributed by atoms with Crippen LogP contribution in [0.1, 0.15) is 36.2 Å². The molecular formula is C25H22ClN3O4. The standard InChI is InChI=1S/C25H22ClN3O4/c1-4-14(3)28-22-23(25(32)24(22)31)29-19-6-5-16(11-18(19)26)33-21-7-8-27-20-9-13(2)15(12-30)10-17(20)21/h5-12,14,28-29H,4H2,1-3H3. The van der Waals surface area contributed by atoms with E-state index in [9.17, 15) is 14.4 Å². The molecule has 1 atom stereocenters. The van der Waals surface area contributed by atoms with Gasteiger partial charge < -0.3 is 15.4 Å². The van der Waals surface area contributed by atoms with Crippen molar-refractivity contribution in [2.45, 2.75) is 33.2 Å². The summed E-state index contributed by atoms with van der Waals surface area (Å²) in [6.07, 6.45) is 3.24. The van der Waals surface area contributed by atoms with E-state index in [2.05, 4.69) is 15.6 Å². The highest BCUT2D eigenvalue weighted by Crippen LogP contribution is 2.35. The number of aldehydes is 1. The number of anilines is 3. The van der Waals surface area contributed by atoms with Crippen LogP contribution in [0.3, 0.4) is 0 Å². The van der Waals surface area contributed by atoms with Gasteiger partial charge in [-0.1, -0.05) is 18.5 Å². The maximum atomic E-state index is 12.1. The topological polar surface area (TPSA) is 97.4 Å². The lowest BCUT2D eigenvalue weighted by atomic mass is 10.1. The highest BCUT2D eigenvalue weighted by atomic mass is 35.5. The maximum absolute atomic E-state index is 12.1. The number of hydrogen-bond donors (Lipinski definition) is 2. The number of pyridine rings is 1. The van der Waals surface area contributed by atoms with Gasteiger partial charge in [0.05, 0.1) is 16.2 Å². The van der Waals surface area contributed by atoms with E-state index in [1.165, 1.54) is 0 Å². The number of carbonyl (C=O) groups excluding carboxylic acids is 1. The third-order valence-electron chi connectivity index (χ3n) is 5.56. The molecule has 8 heteroatoms. The number of benzene rings is 2. The van der Waals surface area contributed by atoms with Gasteiger partial charge in [0.2, 0.25) is 0 Å². The SMILES string of the molecule is CCC(C)Nc1c(Nc2ccc(Oc3ccnc4cc(C)c(C=O)cc34)cc2Cl)c(=O)c1=O. The normalized spacial score (nSPS) is 12.0. The molecule has 0 fully saturated rings. The summed E-state index contributed by atoms with van der Waals surface area (Å²) in [6, 6.07) is 10.3. The third kappa shape index (κ3) is 4.32. The van der Waals surface area contributed by atoms with Crippen molar-refractivity contribution < 1.29 is 9.53 Å². The van der Waals surface area contributed by atoms with E-state index in [1.807, 2.05) is 26.8 Å². The van der Waals surface area contributed by atoms with Gasteiger partial charge in [-0.2, -0.15) is 0 Å². The van der Waals surface area contributed by atoms with Crippen molar-refractivity contribution in [1.82, 2.24) is 4.98 Å². The van der Waals surface area contributed by atoms with Gasteiger partial charge in [0, 0.05) is 29.3 Å². The molecule has 0 radical (unpaired) electrons. The molecule has 0 aliphatic rings. The Bertz CT molecular complexity index is 1440. The third-order valence-corrected chi connectivity index (χ3v) is 5.87. The van der Waals surface area contributed by atoms with Crippen molar-refractivity contribution in [1.29, 1.82) is 0 Å². The molecule has 0 spiro atoms. The molecule has 33 heavy (non-hydrogen) atoms.